The van der Waals surface area contributed by atoms with Gasteiger partial charge < -0.3 is 0 Å². The minimum atomic E-state index is -2.70. The quantitative estimate of drug-likeness (QED) is 0.526. The molecule has 4 atom stereocenters. The molecule has 2 rings (SSSR count). The Balaban J connectivity index is 2.42. The van der Waals surface area contributed by atoms with Gasteiger partial charge in [0.25, 0.3) is 0 Å². The molecule has 58 valence electrons. The molecular formula is C7H12O2S. The molecule has 0 N–H and O–H groups in total. The Labute approximate surface area is 61.5 Å². The summed E-state index contributed by atoms with van der Waals surface area (Å²) in [4.78, 5) is 0. The molecule has 10 heavy (non-hydrogen) atoms. The summed E-state index contributed by atoms with van der Waals surface area (Å²) in [7, 11) is -2.70. The lowest BCUT2D eigenvalue weighted by Gasteiger charge is -2.08. The highest BCUT2D eigenvalue weighted by atomic mass is 32.2. The van der Waals surface area contributed by atoms with Gasteiger partial charge in [-0.05, 0) is 32.1 Å². The van der Waals surface area contributed by atoms with E-state index < -0.39 is 9.84 Å². The molecule has 1 heterocycles. The molecular weight excluding hydrogens is 148 g/mol. The molecule has 1 saturated carbocycles. The average Bonchev–Trinajstić information content (AvgIpc) is 2.58. The topological polar surface area (TPSA) is 34.1 Å². The SMILES string of the molecule is C[C@@H]1[C@@H]2C[C@@H]2[C@H](C)S1(=O)=O. The van der Waals surface area contributed by atoms with E-state index in [1.165, 1.54) is 0 Å². The van der Waals surface area contributed by atoms with Crippen LogP contribution in [0.2, 0.25) is 0 Å². The van der Waals surface area contributed by atoms with Crippen LogP contribution in [-0.2, 0) is 9.84 Å². The van der Waals surface area contributed by atoms with Gasteiger partial charge in [-0.3, -0.25) is 0 Å². The molecule has 1 aliphatic heterocycles. The van der Waals surface area contributed by atoms with E-state index in [4.69, 9.17) is 0 Å². The van der Waals surface area contributed by atoms with Crippen LogP contribution in [0.3, 0.4) is 0 Å². The van der Waals surface area contributed by atoms with E-state index in [1.807, 2.05) is 13.8 Å². The highest BCUT2D eigenvalue weighted by molar-refractivity contribution is 7.93. The van der Waals surface area contributed by atoms with E-state index in [0.29, 0.717) is 11.8 Å². The molecule has 1 aliphatic carbocycles. The Hall–Kier alpha value is -0.0500. The lowest BCUT2D eigenvalue weighted by Crippen LogP contribution is -2.23. The van der Waals surface area contributed by atoms with E-state index >= 15 is 0 Å². The van der Waals surface area contributed by atoms with Gasteiger partial charge in [-0.15, -0.1) is 0 Å². The molecule has 2 fully saturated rings. The first-order chi connectivity index (χ1) is 4.55. The molecule has 0 aromatic rings. The lowest BCUT2D eigenvalue weighted by molar-refractivity contribution is 0.577. The summed E-state index contributed by atoms with van der Waals surface area (Å²) in [6, 6.07) is 0. The van der Waals surface area contributed by atoms with E-state index in [2.05, 4.69) is 0 Å². The second-order valence-corrected chi connectivity index (χ2v) is 6.23. The normalized spacial score (nSPS) is 56.2. The predicted molar refractivity (Wildman–Crippen MR) is 39.4 cm³/mol. The Kier molecular flexibility index (Phi) is 1.05. The maximum absolute atomic E-state index is 11.3. The average molecular weight is 160 g/mol. The van der Waals surface area contributed by atoms with E-state index in [-0.39, 0.29) is 10.5 Å². The zero-order valence-electron chi connectivity index (χ0n) is 6.24. The van der Waals surface area contributed by atoms with E-state index in [0.717, 1.165) is 6.42 Å². The summed E-state index contributed by atoms with van der Waals surface area (Å²) in [5, 5.41) is -0.0972. The fraction of sp³-hybridized carbons (Fsp3) is 1.00. The second kappa shape index (κ2) is 1.58. The maximum atomic E-state index is 11.3. The molecule has 0 spiro atoms. The Morgan fingerprint density at radius 2 is 1.50 bits per heavy atom. The third kappa shape index (κ3) is 0.570. The molecule has 0 aromatic heterocycles. The number of fused-ring (bicyclic) bond motifs is 1. The minimum Gasteiger partial charge on any atom is -0.228 e. The zero-order valence-corrected chi connectivity index (χ0v) is 7.06. The molecule has 0 unspecified atom stereocenters. The molecule has 0 bridgehead atoms. The van der Waals surface area contributed by atoms with Gasteiger partial charge >= 0.3 is 0 Å². The largest absolute Gasteiger partial charge is 0.228 e. The van der Waals surface area contributed by atoms with Crippen LogP contribution in [0, 0.1) is 11.8 Å². The van der Waals surface area contributed by atoms with Crippen molar-refractivity contribution in [3.63, 3.8) is 0 Å². The minimum absolute atomic E-state index is 0.0486. The highest BCUT2D eigenvalue weighted by Crippen LogP contribution is 2.54. The molecule has 3 heteroatoms. The van der Waals surface area contributed by atoms with Crippen LogP contribution >= 0.6 is 0 Å². The van der Waals surface area contributed by atoms with Crippen LogP contribution < -0.4 is 0 Å². The van der Waals surface area contributed by atoms with Crippen molar-refractivity contribution in [1.82, 2.24) is 0 Å². The third-order valence-corrected chi connectivity index (χ3v) is 5.91. The van der Waals surface area contributed by atoms with Crippen molar-refractivity contribution in [2.45, 2.75) is 30.8 Å². The first kappa shape index (κ1) is 6.65. The van der Waals surface area contributed by atoms with Gasteiger partial charge in [-0.25, -0.2) is 8.42 Å². The summed E-state index contributed by atoms with van der Waals surface area (Å²) in [5.74, 6) is 1.03. The summed E-state index contributed by atoms with van der Waals surface area (Å²) < 4.78 is 22.7. The van der Waals surface area contributed by atoms with Crippen molar-refractivity contribution >= 4 is 9.84 Å². The second-order valence-electron chi connectivity index (χ2n) is 3.56. The van der Waals surface area contributed by atoms with E-state index in [1.54, 1.807) is 0 Å². The van der Waals surface area contributed by atoms with Gasteiger partial charge in [0.1, 0.15) is 0 Å². The predicted octanol–water partition coefficient (Wildman–Crippen LogP) is 0.828. The molecule has 1 saturated heterocycles. The number of sulfone groups is 1. The van der Waals surface area contributed by atoms with Gasteiger partial charge in [-0.2, -0.15) is 0 Å². The van der Waals surface area contributed by atoms with Crippen molar-refractivity contribution in [1.29, 1.82) is 0 Å². The molecule has 2 aliphatic rings. The van der Waals surface area contributed by atoms with Crippen molar-refractivity contribution < 1.29 is 8.42 Å². The first-order valence-electron chi connectivity index (χ1n) is 3.78. The fourth-order valence-corrected chi connectivity index (χ4v) is 4.42. The van der Waals surface area contributed by atoms with Crippen LogP contribution in [0.15, 0.2) is 0 Å². The number of hydrogen-bond acceptors (Lipinski definition) is 2. The van der Waals surface area contributed by atoms with Crippen LogP contribution in [0.4, 0.5) is 0 Å². The van der Waals surface area contributed by atoms with Gasteiger partial charge in [0.05, 0.1) is 10.5 Å². The monoisotopic (exact) mass is 160 g/mol. The summed E-state index contributed by atoms with van der Waals surface area (Å²) in [6.45, 7) is 3.70. The first-order valence-corrected chi connectivity index (χ1v) is 5.39. The zero-order chi connectivity index (χ0) is 7.52. The van der Waals surface area contributed by atoms with Crippen LogP contribution in [0.5, 0.6) is 0 Å². The van der Waals surface area contributed by atoms with Crippen LogP contribution in [0.25, 0.3) is 0 Å². The molecule has 0 amide bonds. The van der Waals surface area contributed by atoms with Crippen LogP contribution in [0.1, 0.15) is 20.3 Å². The fourth-order valence-electron chi connectivity index (χ4n) is 2.14. The maximum Gasteiger partial charge on any atom is 0.156 e. The Morgan fingerprint density at radius 3 is 1.70 bits per heavy atom. The smallest absolute Gasteiger partial charge is 0.156 e. The number of hydrogen-bond donors (Lipinski definition) is 0. The van der Waals surface area contributed by atoms with E-state index in [9.17, 15) is 8.42 Å². The van der Waals surface area contributed by atoms with Crippen molar-refractivity contribution in [3.8, 4) is 0 Å². The Morgan fingerprint density at radius 1 is 1.10 bits per heavy atom. The third-order valence-electron chi connectivity index (χ3n) is 3.13. The molecule has 0 aromatic carbocycles. The summed E-state index contributed by atoms with van der Waals surface area (Å²) in [6.07, 6.45) is 1.15. The highest BCUT2D eigenvalue weighted by Gasteiger charge is 2.59. The van der Waals surface area contributed by atoms with Crippen molar-refractivity contribution in [2.75, 3.05) is 0 Å². The van der Waals surface area contributed by atoms with Crippen molar-refractivity contribution in [2.24, 2.45) is 11.8 Å². The summed E-state index contributed by atoms with van der Waals surface area (Å²) >= 11 is 0. The van der Waals surface area contributed by atoms with Gasteiger partial charge in [0, 0.05) is 0 Å². The van der Waals surface area contributed by atoms with Gasteiger partial charge in [0.15, 0.2) is 9.84 Å². The summed E-state index contributed by atoms with van der Waals surface area (Å²) in [5.41, 5.74) is 0. The number of rotatable bonds is 0. The van der Waals surface area contributed by atoms with Crippen molar-refractivity contribution in [3.05, 3.63) is 0 Å². The lowest BCUT2D eigenvalue weighted by atomic mass is 10.2. The van der Waals surface area contributed by atoms with Gasteiger partial charge in [0.2, 0.25) is 0 Å². The molecule has 2 nitrogen and oxygen atoms in total. The van der Waals surface area contributed by atoms with Gasteiger partial charge in [-0.1, -0.05) is 0 Å². The molecule has 0 radical (unpaired) electrons. The Bertz CT molecular complexity index is 235. The van der Waals surface area contributed by atoms with Crippen LogP contribution in [-0.4, -0.2) is 18.9 Å². The standard InChI is InChI=1S/C7H12O2S/c1-4-6-3-7(6)5(2)10(4,8)9/h4-7H,3H2,1-2H3/t4-,5+,6+,7-.